The molecule has 1 unspecified atom stereocenters. The lowest BCUT2D eigenvalue weighted by atomic mass is 9.97. The molecule has 0 radical (unpaired) electrons. The zero-order valence-corrected chi connectivity index (χ0v) is 18.3. The highest BCUT2D eigenvalue weighted by Crippen LogP contribution is 2.30. The van der Waals surface area contributed by atoms with Gasteiger partial charge in [0.2, 0.25) is 0 Å². The van der Waals surface area contributed by atoms with Gasteiger partial charge >= 0.3 is 5.97 Å². The van der Waals surface area contributed by atoms with Crippen LogP contribution in [0.2, 0.25) is 5.02 Å². The molecular weight excluding hydrogens is 432 g/mol. The second-order valence-corrected chi connectivity index (χ2v) is 8.56. The quantitative estimate of drug-likeness (QED) is 0.646. The van der Waals surface area contributed by atoms with E-state index >= 15 is 0 Å². The minimum Gasteiger partial charge on any atom is -0.492 e. The van der Waals surface area contributed by atoms with Crippen LogP contribution >= 0.6 is 11.6 Å². The molecular formula is C24H25ClN2O5. The maximum Gasteiger partial charge on any atom is 0.313 e. The fourth-order valence-electron chi connectivity index (χ4n) is 4.08. The number of esters is 1. The Labute approximate surface area is 191 Å². The highest BCUT2D eigenvalue weighted by atomic mass is 35.5. The first kappa shape index (κ1) is 22.1. The standard InChI is InChI=1S/C24H25ClN2O5/c25-17-9-10-21-15(12-17)11-16(13-31-21)24(30)32-14-22(28)27-20-8-4-3-7-19(20)23(29)26-18-5-1-2-6-18/h3-4,7-10,12,16,18H,1-2,5-6,11,13-14H2,(H,26,29)(H,27,28). The van der Waals surface area contributed by atoms with Gasteiger partial charge in [-0.1, -0.05) is 36.6 Å². The number of fused-ring (bicyclic) bond motifs is 1. The van der Waals surface area contributed by atoms with Crippen LogP contribution in [0.15, 0.2) is 42.5 Å². The molecule has 2 aromatic carbocycles. The average molecular weight is 457 g/mol. The van der Waals surface area contributed by atoms with Crippen LogP contribution in [-0.4, -0.2) is 37.0 Å². The molecule has 1 atom stereocenters. The van der Waals surface area contributed by atoms with Crippen molar-refractivity contribution in [3.05, 3.63) is 58.6 Å². The SMILES string of the molecule is O=C(COC(=O)C1COc2ccc(Cl)cc2C1)Nc1ccccc1C(=O)NC1CCCC1. The number of rotatable bonds is 6. The van der Waals surface area contributed by atoms with E-state index in [0.717, 1.165) is 31.2 Å². The van der Waals surface area contributed by atoms with E-state index in [0.29, 0.717) is 28.4 Å². The molecule has 0 bridgehead atoms. The number of carbonyl (C=O) groups excluding carboxylic acids is 3. The van der Waals surface area contributed by atoms with E-state index in [1.807, 2.05) is 0 Å². The largest absolute Gasteiger partial charge is 0.492 e. The summed E-state index contributed by atoms with van der Waals surface area (Å²) < 4.78 is 10.8. The summed E-state index contributed by atoms with van der Waals surface area (Å²) in [6.07, 6.45) is 4.59. The molecule has 0 aromatic heterocycles. The van der Waals surface area contributed by atoms with Crippen molar-refractivity contribution in [3.63, 3.8) is 0 Å². The van der Waals surface area contributed by atoms with Crippen LogP contribution in [0.4, 0.5) is 5.69 Å². The second kappa shape index (κ2) is 10.0. The van der Waals surface area contributed by atoms with Gasteiger partial charge in [-0.15, -0.1) is 0 Å². The van der Waals surface area contributed by atoms with Crippen LogP contribution in [0.3, 0.4) is 0 Å². The number of amides is 2. The predicted octanol–water partition coefficient (Wildman–Crippen LogP) is 3.75. The van der Waals surface area contributed by atoms with E-state index in [1.54, 1.807) is 42.5 Å². The van der Waals surface area contributed by atoms with Crippen molar-refractivity contribution in [3.8, 4) is 5.75 Å². The monoisotopic (exact) mass is 456 g/mol. The summed E-state index contributed by atoms with van der Waals surface area (Å²) in [6.45, 7) is -0.268. The number of nitrogens with one attached hydrogen (secondary N) is 2. The summed E-state index contributed by atoms with van der Waals surface area (Å²) in [4.78, 5) is 37.5. The zero-order chi connectivity index (χ0) is 22.5. The number of hydrogen-bond acceptors (Lipinski definition) is 5. The normalized spacial score (nSPS) is 17.7. The lowest BCUT2D eigenvalue weighted by molar-refractivity contribution is -0.152. The van der Waals surface area contributed by atoms with Gasteiger partial charge in [-0.3, -0.25) is 14.4 Å². The van der Waals surface area contributed by atoms with Crippen LogP contribution < -0.4 is 15.4 Å². The number of anilines is 1. The minimum atomic E-state index is -0.516. The third-order valence-electron chi connectivity index (χ3n) is 5.74. The second-order valence-electron chi connectivity index (χ2n) is 8.12. The van der Waals surface area contributed by atoms with E-state index in [9.17, 15) is 14.4 Å². The van der Waals surface area contributed by atoms with Crippen molar-refractivity contribution in [1.82, 2.24) is 5.32 Å². The van der Waals surface area contributed by atoms with Crippen LogP contribution in [0.1, 0.15) is 41.6 Å². The van der Waals surface area contributed by atoms with Crippen LogP contribution in [0, 0.1) is 5.92 Å². The van der Waals surface area contributed by atoms with Crippen LogP contribution in [0.25, 0.3) is 0 Å². The molecule has 1 heterocycles. The Morgan fingerprint density at radius 3 is 2.69 bits per heavy atom. The third kappa shape index (κ3) is 5.40. The minimum absolute atomic E-state index is 0.171. The van der Waals surface area contributed by atoms with Gasteiger partial charge in [0.25, 0.3) is 11.8 Å². The van der Waals surface area contributed by atoms with Crippen molar-refractivity contribution >= 4 is 35.1 Å². The Kier molecular flexibility index (Phi) is 6.95. The summed E-state index contributed by atoms with van der Waals surface area (Å²) in [5.41, 5.74) is 1.60. The van der Waals surface area contributed by atoms with Gasteiger partial charge in [0.15, 0.2) is 6.61 Å². The highest BCUT2D eigenvalue weighted by Gasteiger charge is 2.28. The fraction of sp³-hybridized carbons (Fsp3) is 0.375. The van der Waals surface area contributed by atoms with Crippen molar-refractivity contribution in [2.75, 3.05) is 18.5 Å². The lowest BCUT2D eigenvalue weighted by Gasteiger charge is -2.24. The first-order chi connectivity index (χ1) is 15.5. The Hall–Kier alpha value is -3.06. The molecule has 8 heteroatoms. The van der Waals surface area contributed by atoms with Crippen molar-refractivity contribution in [2.45, 2.75) is 38.1 Å². The van der Waals surface area contributed by atoms with E-state index < -0.39 is 24.4 Å². The molecule has 2 aromatic rings. The molecule has 168 valence electrons. The Balaban J connectivity index is 1.30. The van der Waals surface area contributed by atoms with Gasteiger partial charge in [-0.05, 0) is 55.2 Å². The predicted molar refractivity (Wildman–Crippen MR) is 120 cm³/mol. The van der Waals surface area contributed by atoms with E-state index in [-0.39, 0.29) is 18.6 Å². The number of benzene rings is 2. The third-order valence-corrected chi connectivity index (χ3v) is 5.98. The molecule has 2 amide bonds. The van der Waals surface area contributed by atoms with E-state index in [2.05, 4.69) is 10.6 Å². The van der Waals surface area contributed by atoms with Crippen LogP contribution in [0.5, 0.6) is 5.75 Å². The highest BCUT2D eigenvalue weighted by molar-refractivity contribution is 6.30. The summed E-state index contributed by atoms with van der Waals surface area (Å²) in [5, 5.41) is 6.25. The summed E-state index contributed by atoms with van der Waals surface area (Å²) in [6, 6.07) is 12.2. The Bertz CT molecular complexity index is 1020. The molecule has 1 fully saturated rings. The fourth-order valence-corrected chi connectivity index (χ4v) is 4.27. The average Bonchev–Trinajstić information content (AvgIpc) is 3.30. The van der Waals surface area contributed by atoms with Crippen molar-refractivity contribution < 1.29 is 23.9 Å². The van der Waals surface area contributed by atoms with E-state index in [1.165, 1.54) is 0 Å². The van der Waals surface area contributed by atoms with Crippen molar-refractivity contribution in [2.24, 2.45) is 5.92 Å². The van der Waals surface area contributed by atoms with Gasteiger partial charge in [-0.25, -0.2) is 0 Å². The number of hydrogen-bond donors (Lipinski definition) is 2. The number of carbonyl (C=O) groups is 3. The molecule has 2 aliphatic rings. The van der Waals surface area contributed by atoms with E-state index in [4.69, 9.17) is 21.1 Å². The maximum absolute atomic E-state index is 12.6. The lowest BCUT2D eigenvalue weighted by Crippen LogP contribution is -2.34. The van der Waals surface area contributed by atoms with Crippen LogP contribution in [-0.2, 0) is 20.7 Å². The maximum atomic E-state index is 12.6. The molecule has 1 saturated carbocycles. The summed E-state index contributed by atoms with van der Waals surface area (Å²) >= 11 is 6.01. The van der Waals surface area contributed by atoms with Gasteiger partial charge in [0.05, 0.1) is 17.2 Å². The van der Waals surface area contributed by atoms with Gasteiger partial charge in [0, 0.05) is 11.1 Å². The molecule has 1 aliphatic heterocycles. The molecule has 1 aliphatic carbocycles. The van der Waals surface area contributed by atoms with Gasteiger partial charge < -0.3 is 20.1 Å². The van der Waals surface area contributed by atoms with Gasteiger partial charge in [-0.2, -0.15) is 0 Å². The Morgan fingerprint density at radius 2 is 1.88 bits per heavy atom. The van der Waals surface area contributed by atoms with Gasteiger partial charge in [0.1, 0.15) is 12.4 Å². The number of para-hydroxylation sites is 1. The summed E-state index contributed by atoms with van der Waals surface area (Å²) in [5.74, 6) is -1.07. The first-order valence-electron chi connectivity index (χ1n) is 10.8. The number of ether oxygens (including phenoxy) is 2. The Morgan fingerprint density at radius 1 is 1.09 bits per heavy atom. The molecule has 7 nitrogen and oxygen atoms in total. The first-order valence-corrected chi connectivity index (χ1v) is 11.1. The molecule has 32 heavy (non-hydrogen) atoms. The number of halogens is 1. The molecule has 2 N–H and O–H groups in total. The van der Waals surface area contributed by atoms with Crippen molar-refractivity contribution in [1.29, 1.82) is 0 Å². The smallest absolute Gasteiger partial charge is 0.313 e. The molecule has 0 saturated heterocycles. The topological polar surface area (TPSA) is 93.7 Å². The summed E-state index contributed by atoms with van der Waals surface area (Å²) in [7, 11) is 0. The zero-order valence-electron chi connectivity index (χ0n) is 17.6. The molecule has 0 spiro atoms. The molecule has 4 rings (SSSR count).